The lowest BCUT2D eigenvalue weighted by molar-refractivity contribution is -0.160. The lowest BCUT2D eigenvalue weighted by Gasteiger charge is -2.27. The van der Waals surface area contributed by atoms with E-state index < -0.39 is 5.60 Å². The Labute approximate surface area is 115 Å². The molecule has 0 N–H and O–H groups in total. The molecule has 19 heavy (non-hydrogen) atoms. The summed E-state index contributed by atoms with van der Waals surface area (Å²) in [6.07, 6.45) is 2.26. The summed E-state index contributed by atoms with van der Waals surface area (Å²) < 4.78 is 5.43. The van der Waals surface area contributed by atoms with Gasteiger partial charge in [0, 0.05) is 27.1 Å². The van der Waals surface area contributed by atoms with Gasteiger partial charge in [-0.3, -0.25) is 14.5 Å². The molecule has 110 valence electrons. The largest absolute Gasteiger partial charge is 0.459 e. The number of carbonyl (C=O) groups is 2. The number of amides is 1. The van der Waals surface area contributed by atoms with Crippen LogP contribution < -0.4 is 0 Å². The fraction of sp³-hybridized carbons (Fsp3) is 0.857. The van der Waals surface area contributed by atoms with Crippen LogP contribution in [0.5, 0.6) is 0 Å². The normalized spacial score (nSPS) is 20.4. The Morgan fingerprint density at radius 3 is 2.47 bits per heavy atom. The monoisotopic (exact) mass is 270 g/mol. The van der Waals surface area contributed by atoms with E-state index in [4.69, 9.17) is 4.74 Å². The minimum absolute atomic E-state index is 0.0924. The molecule has 1 amide bonds. The van der Waals surface area contributed by atoms with Gasteiger partial charge in [0.2, 0.25) is 5.91 Å². The molecule has 0 spiro atoms. The first-order valence-corrected chi connectivity index (χ1v) is 6.88. The highest BCUT2D eigenvalue weighted by atomic mass is 16.6. The summed E-state index contributed by atoms with van der Waals surface area (Å²) in [5.74, 6) is -0.0721. The maximum atomic E-state index is 12.1. The van der Waals surface area contributed by atoms with E-state index in [2.05, 4.69) is 4.90 Å². The van der Waals surface area contributed by atoms with Crippen molar-refractivity contribution in [1.29, 1.82) is 0 Å². The second-order valence-electron chi connectivity index (χ2n) is 6.27. The second-order valence-corrected chi connectivity index (χ2v) is 6.27. The molecule has 0 saturated carbocycles. The fourth-order valence-corrected chi connectivity index (χ4v) is 2.19. The minimum Gasteiger partial charge on any atom is -0.459 e. The van der Waals surface area contributed by atoms with Gasteiger partial charge in [-0.2, -0.15) is 0 Å². The molecule has 1 fully saturated rings. The van der Waals surface area contributed by atoms with E-state index in [-0.39, 0.29) is 17.9 Å². The van der Waals surface area contributed by atoms with Gasteiger partial charge in [0.1, 0.15) is 11.6 Å². The van der Waals surface area contributed by atoms with Gasteiger partial charge in [0.05, 0.1) is 0 Å². The van der Waals surface area contributed by atoms with Crippen molar-refractivity contribution in [3.63, 3.8) is 0 Å². The molecule has 1 aliphatic rings. The quantitative estimate of drug-likeness (QED) is 0.722. The van der Waals surface area contributed by atoms with Crippen LogP contribution in [-0.4, -0.2) is 60.5 Å². The highest BCUT2D eigenvalue weighted by Gasteiger charge is 2.34. The third-order valence-electron chi connectivity index (χ3n) is 3.15. The summed E-state index contributed by atoms with van der Waals surface area (Å²) in [6, 6.07) is -0.186. The van der Waals surface area contributed by atoms with Crippen molar-refractivity contribution >= 4 is 11.9 Å². The standard InChI is InChI=1S/C14H26N2O3/c1-14(2,3)19-13(18)11-7-6-9-16(11)10-8-12(17)15(4)5/h11H,6-10H2,1-5H3/t11-/m0/s1. The van der Waals surface area contributed by atoms with Gasteiger partial charge in [-0.15, -0.1) is 0 Å². The molecule has 0 aromatic carbocycles. The van der Waals surface area contributed by atoms with E-state index in [1.165, 1.54) is 0 Å². The molecule has 5 nitrogen and oxygen atoms in total. The molecular formula is C14H26N2O3. The van der Waals surface area contributed by atoms with Crippen LogP contribution in [0.4, 0.5) is 0 Å². The van der Waals surface area contributed by atoms with Gasteiger partial charge in [-0.05, 0) is 40.2 Å². The van der Waals surface area contributed by atoms with Crippen molar-refractivity contribution in [3.8, 4) is 0 Å². The average Bonchev–Trinajstić information content (AvgIpc) is 2.71. The maximum Gasteiger partial charge on any atom is 0.323 e. The van der Waals surface area contributed by atoms with Crippen LogP contribution in [0.15, 0.2) is 0 Å². The molecule has 1 saturated heterocycles. The molecule has 1 aliphatic heterocycles. The lowest BCUT2D eigenvalue weighted by atomic mass is 10.1. The zero-order valence-electron chi connectivity index (χ0n) is 12.7. The Hall–Kier alpha value is -1.10. The van der Waals surface area contributed by atoms with Gasteiger partial charge < -0.3 is 9.64 Å². The number of rotatable bonds is 4. The highest BCUT2D eigenvalue weighted by molar-refractivity contribution is 5.77. The van der Waals surface area contributed by atoms with E-state index in [9.17, 15) is 9.59 Å². The first-order valence-electron chi connectivity index (χ1n) is 6.88. The molecule has 1 heterocycles. The predicted molar refractivity (Wildman–Crippen MR) is 73.8 cm³/mol. The SMILES string of the molecule is CN(C)C(=O)CCN1CCC[C@H]1C(=O)OC(C)(C)C. The third kappa shape index (κ3) is 5.19. The Bertz CT molecular complexity index is 334. The van der Waals surface area contributed by atoms with Crippen molar-refractivity contribution in [2.75, 3.05) is 27.2 Å². The predicted octanol–water partition coefficient (Wildman–Crippen LogP) is 1.27. The van der Waals surface area contributed by atoms with Crippen LogP contribution in [-0.2, 0) is 14.3 Å². The van der Waals surface area contributed by atoms with Crippen LogP contribution in [0.1, 0.15) is 40.0 Å². The molecule has 1 atom stereocenters. The number of hydrogen-bond acceptors (Lipinski definition) is 4. The van der Waals surface area contributed by atoms with Crippen molar-refractivity contribution in [1.82, 2.24) is 9.80 Å². The number of hydrogen-bond donors (Lipinski definition) is 0. The van der Waals surface area contributed by atoms with Crippen LogP contribution in [0.2, 0.25) is 0 Å². The Morgan fingerprint density at radius 2 is 1.95 bits per heavy atom. The second kappa shape index (κ2) is 6.37. The first-order chi connectivity index (χ1) is 8.70. The summed E-state index contributed by atoms with van der Waals surface area (Å²) in [6.45, 7) is 7.12. The fourth-order valence-electron chi connectivity index (χ4n) is 2.19. The molecule has 0 aromatic heterocycles. The number of esters is 1. The highest BCUT2D eigenvalue weighted by Crippen LogP contribution is 2.21. The van der Waals surface area contributed by atoms with Gasteiger partial charge in [0.25, 0.3) is 0 Å². The smallest absolute Gasteiger partial charge is 0.323 e. The van der Waals surface area contributed by atoms with Crippen molar-refractivity contribution < 1.29 is 14.3 Å². The van der Waals surface area contributed by atoms with Crippen molar-refractivity contribution in [2.24, 2.45) is 0 Å². The van der Waals surface area contributed by atoms with Crippen molar-refractivity contribution in [3.05, 3.63) is 0 Å². The molecule has 0 radical (unpaired) electrons. The molecule has 0 unspecified atom stereocenters. The van der Waals surface area contributed by atoms with Gasteiger partial charge in [-0.25, -0.2) is 0 Å². The molecule has 0 aliphatic carbocycles. The van der Waals surface area contributed by atoms with E-state index in [0.717, 1.165) is 19.4 Å². The van der Waals surface area contributed by atoms with Gasteiger partial charge >= 0.3 is 5.97 Å². The molecule has 5 heteroatoms. The topological polar surface area (TPSA) is 49.9 Å². The number of carbonyl (C=O) groups excluding carboxylic acids is 2. The number of likely N-dealkylation sites (tertiary alicyclic amines) is 1. The average molecular weight is 270 g/mol. The van der Waals surface area contributed by atoms with Crippen LogP contribution in [0, 0.1) is 0 Å². The van der Waals surface area contributed by atoms with E-state index in [1.54, 1.807) is 19.0 Å². The van der Waals surface area contributed by atoms with E-state index in [0.29, 0.717) is 13.0 Å². The maximum absolute atomic E-state index is 12.1. The Kier molecular flexibility index (Phi) is 5.35. The Balaban J connectivity index is 2.50. The molecule has 0 aromatic rings. The van der Waals surface area contributed by atoms with Crippen LogP contribution in [0.3, 0.4) is 0 Å². The third-order valence-corrected chi connectivity index (χ3v) is 3.15. The Morgan fingerprint density at radius 1 is 1.32 bits per heavy atom. The summed E-state index contributed by atoms with van der Waals surface area (Å²) in [7, 11) is 3.50. The number of ether oxygens (including phenoxy) is 1. The van der Waals surface area contributed by atoms with Crippen LogP contribution >= 0.6 is 0 Å². The number of nitrogens with zero attached hydrogens (tertiary/aromatic N) is 2. The van der Waals surface area contributed by atoms with Crippen molar-refractivity contribution in [2.45, 2.75) is 51.7 Å². The summed E-state index contributed by atoms with van der Waals surface area (Å²) >= 11 is 0. The molecule has 0 bridgehead atoms. The minimum atomic E-state index is -0.454. The first kappa shape index (κ1) is 16.0. The lowest BCUT2D eigenvalue weighted by Crippen LogP contribution is -2.41. The zero-order chi connectivity index (χ0) is 14.6. The van der Waals surface area contributed by atoms with E-state index >= 15 is 0 Å². The molecule has 1 rings (SSSR count). The van der Waals surface area contributed by atoms with Crippen LogP contribution in [0.25, 0.3) is 0 Å². The van der Waals surface area contributed by atoms with Gasteiger partial charge in [0.15, 0.2) is 0 Å². The summed E-state index contributed by atoms with van der Waals surface area (Å²) in [5.41, 5.74) is -0.454. The molecular weight excluding hydrogens is 244 g/mol. The zero-order valence-corrected chi connectivity index (χ0v) is 12.7. The summed E-state index contributed by atoms with van der Waals surface area (Å²) in [5, 5.41) is 0. The summed E-state index contributed by atoms with van der Waals surface area (Å²) in [4.78, 5) is 27.3. The van der Waals surface area contributed by atoms with Gasteiger partial charge in [-0.1, -0.05) is 0 Å². The van der Waals surface area contributed by atoms with E-state index in [1.807, 2.05) is 20.8 Å².